The van der Waals surface area contributed by atoms with E-state index in [1.54, 1.807) is 31.3 Å². The molecule has 2 aromatic heterocycles. The number of imidazole rings is 2. The predicted molar refractivity (Wildman–Crippen MR) is 245 cm³/mol. The molecule has 1 unspecified atom stereocenters. The summed E-state index contributed by atoms with van der Waals surface area (Å²) in [6.45, 7) is 5.92. The number of ether oxygens (including phenoxy) is 6. The number of methoxy groups -OCH3 is 4. The van der Waals surface area contributed by atoms with Crippen LogP contribution in [-0.2, 0) is 41.8 Å². The second kappa shape index (κ2) is 19.2. The van der Waals surface area contributed by atoms with E-state index in [2.05, 4.69) is 44.1 Å². The molecule has 0 radical (unpaired) electrons. The van der Waals surface area contributed by atoms with Gasteiger partial charge in [-0.2, -0.15) is 4.99 Å². The van der Waals surface area contributed by atoms with Crippen LogP contribution >= 0.6 is 0 Å². The normalized spacial score (nSPS) is 21.8. The van der Waals surface area contributed by atoms with Crippen LogP contribution in [0.2, 0.25) is 0 Å². The molecule has 0 spiro atoms. The van der Waals surface area contributed by atoms with Crippen LogP contribution in [0.3, 0.4) is 0 Å². The highest BCUT2D eigenvalue weighted by Gasteiger charge is 2.43. The maximum Gasteiger partial charge on any atom is 0.432 e. The number of amides is 4. The van der Waals surface area contributed by atoms with E-state index in [0.717, 1.165) is 68.3 Å². The van der Waals surface area contributed by atoms with E-state index in [-0.39, 0.29) is 29.7 Å². The van der Waals surface area contributed by atoms with Crippen LogP contribution in [0.5, 0.6) is 11.5 Å². The molecule has 0 saturated carbocycles. The number of hydrogen-bond acceptors (Lipinski definition) is 12. The summed E-state index contributed by atoms with van der Waals surface area (Å²) in [7, 11) is 5.68. The first-order valence-corrected chi connectivity index (χ1v) is 22.6. The van der Waals surface area contributed by atoms with Gasteiger partial charge in [-0.15, -0.1) is 0 Å². The summed E-state index contributed by atoms with van der Waals surface area (Å²) in [4.78, 5) is 76.8. The lowest BCUT2D eigenvalue weighted by molar-refractivity contribution is -0.137. The van der Waals surface area contributed by atoms with Crippen molar-refractivity contribution in [3.8, 4) is 45.1 Å². The van der Waals surface area contributed by atoms with Gasteiger partial charge < -0.3 is 53.5 Å². The van der Waals surface area contributed by atoms with Crippen molar-refractivity contribution >= 4 is 30.2 Å². The van der Waals surface area contributed by atoms with Gasteiger partial charge in [0.1, 0.15) is 42.4 Å². The highest BCUT2D eigenvalue weighted by atomic mass is 16.5. The van der Waals surface area contributed by atoms with E-state index in [4.69, 9.17) is 33.7 Å². The standard InChI is InChI=1S/C49H56N8O10/c1-26-12-37(56(21-26)47(59)43(55-49(61)65-6)29-10-8-7-9-11-29)44-50-19-35(53-44)30-14-32-24-67-40-17-31(15-33-25-66-39(16-30)41(32)42(33)40)36-20-51-45(54-36)38-13-28(23-62-3)22-57(38)46(58)34(27(2)63-4)18-52-48(60)64-5/h7-8,10,14-20,26-28,34,37-38,43H,9,11-13,21-25H2,1-6H3,(H,50,53)(H,51,54)(H,55,61)/b52-18+/t26-,27+,28-,34?,37-,38-,43+/m0/s1. The second-order valence-electron chi connectivity index (χ2n) is 17.9. The van der Waals surface area contributed by atoms with E-state index < -0.39 is 36.3 Å². The van der Waals surface area contributed by atoms with E-state index in [1.807, 2.05) is 35.3 Å². The molecule has 6 heterocycles. The van der Waals surface area contributed by atoms with Crippen molar-refractivity contribution in [2.45, 2.75) is 77.0 Å². The second-order valence-corrected chi connectivity index (χ2v) is 17.9. The van der Waals surface area contributed by atoms with Crippen LogP contribution in [0, 0.1) is 17.8 Å². The Bertz CT molecular complexity index is 2600. The Balaban J connectivity index is 0.955. The molecule has 5 aliphatic rings. The lowest BCUT2D eigenvalue weighted by atomic mass is 9.87. The molecule has 352 valence electrons. The van der Waals surface area contributed by atoms with Gasteiger partial charge >= 0.3 is 12.2 Å². The topological polar surface area (TPSA) is 212 Å². The molecule has 4 amide bonds. The van der Waals surface area contributed by atoms with Gasteiger partial charge in [0, 0.05) is 72.8 Å². The van der Waals surface area contributed by atoms with Gasteiger partial charge in [-0.25, -0.2) is 19.6 Å². The Morgan fingerprint density at radius 3 is 2.06 bits per heavy atom. The van der Waals surface area contributed by atoms with Crippen LogP contribution in [0.25, 0.3) is 33.6 Å². The zero-order valence-corrected chi connectivity index (χ0v) is 38.5. The van der Waals surface area contributed by atoms with Gasteiger partial charge in [-0.1, -0.05) is 25.2 Å². The number of carbonyl (C=O) groups excluding carboxylic acids is 4. The summed E-state index contributed by atoms with van der Waals surface area (Å²) in [6, 6.07) is 6.66. The van der Waals surface area contributed by atoms with Gasteiger partial charge in [0.2, 0.25) is 11.8 Å². The van der Waals surface area contributed by atoms with Gasteiger partial charge in [0.25, 0.3) is 0 Å². The van der Waals surface area contributed by atoms with Gasteiger partial charge in [0.05, 0.1) is 68.7 Å². The Kier molecular flexibility index (Phi) is 13.0. The van der Waals surface area contributed by atoms with Crippen LogP contribution in [0.1, 0.15) is 74.4 Å². The number of H-pyrrole nitrogens is 2. The third kappa shape index (κ3) is 8.94. The van der Waals surface area contributed by atoms with Crippen molar-refractivity contribution in [2.75, 3.05) is 48.1 Å². The average Bonchev–Trinajstić information content (AvgIpc) is 4.19. The number of aromatic amines is 2. The number of rotatable bonds is 13. The maximum atomic E-state index is 14.2. The SMILES string of the molecule is COC[C@H]1C[C@@H](c2ncc(-c3cc4c5c(c3)OCc3cc(-c6cnc([C@@H]7C[C@H](C)CN7C(=O)[C@H](NC(=O)OC)C7=CC=CCC7)[nH]6)cc(c3-5)OC4)[nH]2)N(C(=O)C(/C=N/C(=O)OC)[C@@H](C)OC)C1. The minimum Gasteiger partial charge on any atom is -0.488 e. The lowest BCUT2D eigenvalue weighted by Crippen LogP contribution is -2.49. The fourth-order valence-corrected chi connectivity index (χ4v) is 10.1. The van der Waals surface area contributed by atoms with Crippen LogP contribution < -0.4 is 14.8 Å². The Morgan fingerprint density at radius 2 is 1.49 bits per heavy atom. The average molecular weight is 917 g/mol. The van der Waals surface area contributed by atoms with E-state index in [0.29, 0.717) is 63.8 Å². The number of likely N-dealkylation sites (tertiary alicyclic amines) is 2. The zero-order chi connectivity index (χ0) is 46.9. The number of nitrogens with one attached hydrogen (secondary N) is 3. The summed E-state index contributed by atoms with van der Waals surface area (Å²) in [5.41, 5.74) is 8.02. The molecule has 0 bridgehead atoms. The van der Waals surface area contributed by atoms with Crippen molar-refractivity contribution < 1.29 is 47.6 Å². The molecule has 4 aliphatic heterocycles. The number of aromatic nitrogens is 4. The Labute approximate surface area is 388 Å². The van der Waals surface area contributed by atoms with Crippen molar-refractivity contribution in [1.82, 2.24) is 35.1 Å². The number of allylic oxidation sites excluding steroid dienone is 3. The largest absolute Gasteiger partial charge is 0.488 e. The van der Waals surface area contributed by atoms with Crippen LogP contribution in [-0.4, -0.2) is 120 Å². The van der Waals surface area contributed by atoms with Crippen molar-refractivity contribution in [3.05, 3.63) is 83.2 Å². The van der Waals surface area contributed by atoms with E-state index in [9.17, 15) is 19.2 Å². The number of aliphatic imine (C=N–C) groups is 1. The molecule has 9 rings (SSSR count). The third-order valence-electron chi connectivity index (χ3n) is 13.5. The minimum absolute atomic E-state index is 0.0583. The molecule has 1 aliphatic carbocycles. The first-order valence-electron chi connectivity index (χ1n) is 22.6. The number of benzene rings is 2. The minimum atomic E-state index is -0.840. The molecular weight excluding hydrogens is 861 g/mol. The quantitative estimate of drug-likeness (QED) is 0.118. The molecular formula is C49H56N8O10. The molecule has 18 nitrogen and oxygen atoms in total. The van der Waals surface area contributed by atoms with Gasteiger partial charge in [-0.3, -0.25) is 9.59 Å². The van der Waals surface area contributed by atoms with Gasteiger partial charge in [0.15, 0.2) is 0 Å². The number of hydrogen-bond donors (Lipinski definition) is 3. The highest BCUT2D eigenvalue weighted by Crippen LogP contribution is 2.51. The fourth-order valence-electron chi connectivity index (χ4n) is 10.1. The van der Waals surface area contributed by atoms with E-state index >= 15 is 0 Å². The Morgan fingerprint density at radius 1 is 0.866 bits per heavy atom. The molecule has 3 N–H and O–H groups in total. The summed E-state index contributed by atoms with van der Waals surface area (Å²) in [5, 5.41) is 2.78. The first kappa shape index (κ1) is 45.4. The smallest absolute Gasteiger partial charge is 0.432 e. The van der Waals surface area contributed by atoms with Crippen molar-refractivity contribution in [3.63, 3.8) is 0 Å². The highest BCUT2D eigenvalue weighted by molar-refractivity contribution is 5.97. The predicted octanol–water partition coefficient (Wildman–Crippen LogP) is 6.85. The van der Waals surface area contributed by atoms with E-state index in [1.165, 1.54) is 27.5 Å². The molecule has 67 heavy (non-hydrogen) atoms. The van der Waals surface area contributed by atoms with Crippen LogP contribution in [0.15, 0.2) is 65.5 Å². The summed E-state index contributed by atoms with van der Waals surface area (Å²) in [6.07, 6.45) is 11.5. The zero-order valence-electron chi connectivity index (χ0n) is 38.5. The van der Waals surface area contributed by atoms with Crippen LogP contribution in [0.4, 0.5) is 9.59 Å². The third-order valence-corrected chi connectivity index (χ3v) is 13.5. The van der Waals surface area contributed by atoms with Gasteiger partial charge in [-0.05, 0) is 68.4 Å². The number of carbonyl (C=O) groups is 4. The molecule has 4 aromatic rings. The first-order chi connectivity index (χ1) is 32.5. The number of nitrogens with zero attached hydrogens (tertiary/aromatic N) is 5. The Hall–Kier alpha value is -6.79. The summed E-state index contributed by atoms with van der Waals surface area (Å²) >= 11 is 0. The summed E-state index contributed by atoms with van der Waals surface area (Å²) < 4.78 is 33.6. The monoisotopic (exact) mass is 916 g/mol. The van der Waals surface area contributed by atoms with Crippen molar-refractivity contribution in [2.24, 2.45) is 22.7 Å². The lowest BCUT2D eigenvalue weighted by Gasteiger charge is -2.30. The summed E-state index contributed by atoms with van der Waals surface area (Å²) in [5.74, 6) is 1.77. The molecule has 2 fully saturated rings. The molecule has 18 heteroatoms. The fraction of sp³-hybridized carbons (Fsp3) is 0.449. The number of alkyl carbamates (subject to hydrolysis) is 1. The molecule has 2 saturated heterocycles. The molecule has 2 aromatic carbocycles. The molecule has 7 atom stereocenters. The maximum absolute atomic E-state index is 14.2. The van der Waals surface area contributed by atoms with Crippen molar-refractivity contribution in [1.29, 1.82) is 0 Å².